The van der Waals surface area contributed by atoms with Gasteiger partial charge in [0.25, 0.3) is 0 Å². The smallest absolute Gasteiger partial charge is 0.456 e. The summed E-state index contributed by atoms with van der Waals surface area (Å²) in [5, 5.41) is 3.06. The number of likely N-dealkylation sites (N-methyl/N-ethyl adjacent to an activating group) is 1. The molecule has 0 rings (SSSR count). The van der Waals surface area contributed by atoms with Gasteiger partial charge in [0.15, 0.2) is 0 Å². The van der Waals surface area contributed by atoms with Gasteiger partial charge in [-0.3, -0.25) is 18.6 Å². The Kier molecular flexibility index (Phi) is 59.7. The number of nitrogens with one attached hydrogen (secondary N) is 1. The number of rotatable bonds is 62. The number of hydrogen-bond acceptors (Lipinski definition) is 6. The van der Waals surface area contributed by atoms with E-state index in [-0.39, 0.29) is 31.5 Å². The number of ether oxygens (including phenoxy) is 1. The SMILES string of the molecule is CCCCC/C=C\C/C=C\C/C=C\C/C=C\CCCCCCCCCCCC(=O)OC(/C=C\CCCCCCCCCCCCC)C(COP(=O)(O)OCC[N+](C)(C)C)NC(=O)CCCCCCCC/C=C\C/C=C\C/C=C\CCCCC. The number of phosphoric acid groups is 1. The summed E-state index contributed by atoms with van der Waals surface area (Å²) in [6.07, 6.45) is 84.0. The average Bonchev–Trinajstić information content (AvgIpc) is 3.46. The number of carbonyl (C=O) groups excluding carboxylic acids is 2. The van der Waals surface area contributed by atoms with E-state index in [0.717, 1.165) is 116 Å². The van der Waals surface area contributed by atoms with E-state index in [1.165, 1.54) is 154 Å². The minimum Gasteiger partial charge on any atom is -0.456 e. The molecule has 9 nitrogen and oxygen atoms in total. The molecule has 0 aromatic carbocycles. The van der Waals surface area contributed by atoms with Gasteiger partial charge in [0.2, 0.25) is 5.91 Å². The van der Waals surface area contributed by atoms with Crippen LogP contribution in [0.2, 0.25) is 0 Å². The molecule has 1 amide bonds. The van der Waals surface area contributed by atoms with E-state index >= 15 is 0 Å². The van der Waals surface area contributed by atoms with Gasteiger partial charge < -0.3 is 19.4 Å². The molecule has 0 saturated heterocycles. The van der Waals surface area contributed by atoms with E-state index in [2.05, 4.69) is 111 Å². The number of allylic oxidation sites excluding steroid dienone is 15. The zero-order chi connectivity index (χ0) is 60.7. The van der Waals surface area contributed by atoms with E-state index in [1.807, 2.05) is 33.3 Å². The Balaban J connectivity index is 5.19. The van der Waals surface area contributed by atoms with Crippen LogP contribution in [0.15, 0.2) is 97.2 Å². The summed E-state index contributed by atoms with van der Waals surface area (Å²) >= 11 is 0. The van der Waals surface area contributed by atoms with Crippen LogP contribution < -0.4 is 5.32 Å². The lowest BCUT2D eigenvalue weighted by atomic mass is 10.0. The quantitative estimate of drug-likeness (QED) is 0.0205. The number of phosphoric ester groups is 1. The summed E-state index contributed by atoms with van der Waals surface area (Å²) in [4.78, 5) is 37.9. The highest BCUT2D eigenvalue weighted by Crippen LogP contribution is 2.43. The number of hydrogen-bond donors (Lipinski definition) is 2. The maximum atomic E-state index is 13.6. The standard InChI is InChI=1S/C73H131N2O7P/c1-7-10-13-16-19-22-25-28-30-32-34-35-36-37-38-39-41-43-45-48-51-54-57-60-63-66-73(77)82-71(64-61-58-55-52-49-46-27-24-21-18-15-12-9-3)70(69-81-83(78,79)80-68-67-75(4,5)6)74-72(76)65-62-59-56-53-50-47-44-42-40-33-31-29-26-23-20-17-14-11-8-2/h19-20,22-23,28-31,34-35,37-38,40,42,61,64,70-71H,7-18,21,24-27,32-33,36,39,41,43-60,62-63,65-69H2,1-6H3,(H-,74,76,78,79)/p+1/b22-19-,23-20-,30-28-,31-29-,35-34-,38-37-,42-40-,64-61-. The monoisotopic (exact) mass is 1180 g/mol. The van der Waals surface area contributed by atoms with Crippen LogP contribution in [0.3, 0.4) is 0 Å². The summed E-state index contributed by atoms with van der Waals surface area (Å²) in [5.41, 5.74) is 0. The normalized spacial score (nSPS) is 14.2. The topological polar surface area (TPSA) is 111 Å². The maximum absolute atomic E-state index is 13.6. The number of amides is 1. The molecule has 3 unspecified atom stereocenters. The van der Waals surface area contributed by atoms with Crippen LogP contribution >= 0.6 is 7.82 Å². The van der Waals surface area contributed by atoms with Crippen molar-refractivity contribution in [1.29, 1.82) is 0 Å². The lowest BCUT2D eigenvalue weighted by Gasteiger charge is -2.27. The molecule has 0 saturated carbocycles. The Morgan fingerprint density at radius 2 is 0.735 bits per heavy atom. The molecule has 83 heavy (non-hydrogen) atoms. The van der Waals surface area contributed by atoms with Crippen LogP contribution in [0.25, 0.3) is 0 Å². The van der Waals surface area contributed by atoms with E-state index in [0.29, 0.717) is 17.4 Å². The molecule has 0 aromatic rings. The predicted octanol–water partition coefficient (Wildman–Crippen LogP) is 21.9. The van der Waals surface area contributed by atoms with Crippen molar-refractivity contribution < 1.29 is 37.3 Å². The molecule has 0 radical (unpaired) electrons. The van der Waals surface area contributed by atoms with Crippen LogP contribution in [0, 0.1) is 0 Å². The lowest BCUT2D eigenvalue weighted by Crippen LogP contribution is -2.47. The fraction of sp³-hybridized carbons (Fsp3) is 0.753. The summed E-state index contributed by atoms with van der Waals surface area (Å²) in [5.74, 6) is -0.524. The molecule has 2 N–H and O–H groups in total. The summed E-state index contributed by atoms with van der Waals surface area (Å²) in [7, 11) is 1.48. The highest BCUT2D eigenvalue weighted by Gasteiger charge is 2.30. The Morgan fingerprint density at radius 1 is 0.422 bits per heavy atom. The molecule has 3 atom stereocenters. The van der Waals surface area contributed by atoms with Gasteiger partial charge in [-0.1, -0.05) is 272 Å². The predicted molar refractivity (Wildman–Crippen MR) is 360 cm³/mol. The van der Waals surface area contributed by atoms with E-state index in [4.69, 9.17) is 13.8 Å². The molecule has 0 bridgehead atoms. The van der Waals surface area contributed by atoms with Gasteiger partial charge in [0.1, 0.15) is 19.3 Å². The molecule has 480 valence electrons. The number of esters is 1. The molecule has 0 spiro atoms. The third kappa shape index (κ3) is 63.3. The number of unbranched alkanes of at least 4 members (excludes halogenated alkanes) is 32. The third-order valence-corrected chi connectivity index (χ3v) is 16.0. The van der Waals surface area contributed by atoms with E-state index < -0.39 is 20.0 Å². The minimum absolute atomic E-state index is 0.0325. The van der Waals surface area contributed by atoms with Crippen molar-refractivity contribution in [3.8, 4) is 0 Å². The first-order valence-electron chi connectivity index (χ1n) is 34.6. The highest BCUT2D eigenvalue weighted by molar-refractivity contribution is 7.47. The Morgan fingerprint density at radius 3 is 1.12 bits per heavy atom. The summed E-state index contributed by atoms with van der Waals surface area (Å²) < 4.78 is 30.8. The van der Waals surface area contributed by atoms with Gasteiger partial charge in [0, 0.05) is 12.8 Å². The van der Waals surface area contributed by atoms with Gasteiger partial charge in [-0.15, -0.1) is 0 Å². The molecular weight excluding hydrogens is 1050 g/mol. The van der Waals surface area contributed by atoms with Crippen molar-refractivity contribution >= 4 is 19.7 Å². The van der Waals surface area contributed by atoms with Crippen molar-refractivity contribution in [2.45, 2.75) is 315 Å². The van der Waals surface area contributed by atoms with Gasteiger partial charge in [-0.25, -0.2) is 4.57 Å². The zero-order valence-electron chi connectivity index (χ0n) is 54.9. The van der Waals surface area contributed by atoms with Crippen LogP contribution in [0.4, 0.5) is 0 Å². The number of nitrogens with zero attached hydrogens (tertiary/aromatic N) is 1. The van der Waals surface area contributed by atoms with Crippen LogP contribution in [0.1, 0.15) is 303 Å². The molecular formula is C73H132N2O7P+. The van der Waals surface area contributed by atoms with Crippen LogP contribution in [-0.2, 0) is 27.9 Å². The van der Waals surface area contributed by atoms with Crippen molar-refractivity contribution in [3.05, 3.63) is 97.2 Å². The van der Waals surface area contributed by atoms with Crippen molar-refractivity contribution in [3.63, 3.8) is 0 Å². The zero-order valence-corrected chi connectivity index (χ0v) is 55.8. The second-order valence-electron chi connectivity index (χ2n) is 24.3. The fourth-order valence-electron chi connectivity index (χ4n) is 9.64. The highest BCUT2D eigenvalue weighted by atomic mass is 31.2. The molecule has 10 heteroatoms. The number of carbonyl (C=O) groups is 2. The molecule has 0 aliphatic heterocycles. The Bertz CT molecular complexity index is 1740. The summed E-state index contributed by atoms with van der Waals surface area (Å²) in [6, 6.07) is -0.864. The van der Waals surface area contributed by atoms with Gasteiger partial charge >= 0.3 is 13.8 Å². The average molecular weight is 1180 g/mol. The first-order chi connectivity index (χ1) is 40.4. The van der Waals surface area contributed by atoms with Gasteiger partial charge in [-0.05, 0) is 115 Å². The lowest BCUT2D eigenvalue weighted by molar-refractivity contribution is -0.870. The third-order valence-electron chi connectivity index (χ3n) is 15.0. The minimum atomic E-state index is -4.46. The van der Waals surface area contributed by atoms with E-state index in [9.17, 15) is 19.0 Å². The fourth-order valence-corrected chi connectivity index (χ4v) is 10.4. The van der Waals surface area contributed by atoms with E-state index in [1.54, 1.807) is 0 Å². The van der Waals surface area contributed by atoms with Crippen LogP contribution in [-0.4, -0.2) is 74.3 Å². The largest absolute Gasteiger partial charge is 0.472 e. The molecule has 0 fully saturated rings. The Labute approximate surface area is 513 Å². The van der Waals surface area contributed by atoms with Crippen LogP contribution in [0.5, 0.6) is 0 Å². The maximum Gasteiger partial charge on any atom is 0.472 e. The Hall–Kier alpha value is -3.07. The first-order valence-corrected chi connectivity index (χ1v) is 36.1. The molecule has 0 heterocycles. The van der Waals surface area contributed by atoms with Gasteiger partial charge in [-0.2, -0.15) is 0 Å². The van der Waals surface area contributed by atoms with Crippen molar-refractivity contribution in [2.75, 3.05) is 40.9 Å². The second kappa shape index (κ2) is 62.0. The van der Waals surface area contributed by atoms with Crippen molar-refractivity contribution in [1.82, 2.24) is 5.32 Å². The molecule has 0 aromatic heterocycles. The number of quaternary nitrogens is 1. The first kappa shape index (κ1) is 79.9. The summed E-state index contributed by atoms with van der Waals surface area (Å²) in [6.45, 7) is 6.96. The second-order valence-corrected chi connectivity index (χ2v) is 25.8. The molecule has 0 aliphatic rings. The van der Waals surface area contributed by atoms with Crippen molar-refractivity contribution in [2.24, 2.45) is 0 Å². The van der Waals surface area contributed by atoms with Gasteiger partial charge in [0.05, 0.1) is 33.8 Å². The molecule has 0 aliphatic carbocycles.